The normalized spacial score (nSPS) is 16.0. The predicted octanol–water partition coefficient (Wildman–Crippen LogP) is 5.60. The van der Waals surface area contributed by atoms with E-state index in [1.165, 1.54) is 58.9 Å². The van der Waals surface area contributed by atoms with E-state index in [0.717, 1.165) is 16.7 Å². The summed E-state index contributed by atoms with van der Waals surface area (Å²) in [5.41, 5.74) is 6.65. The van der Waals surface area contributed by atoms with Crippen LogP contribution in [-0.2, 0) is 7.05 Å². The Morgan fingerprint density at radius 3 is 2.38 bits per heavy atom. The molecule has 1 fully saturated rings. The number of hydrogen-bond acceptors (Lipinski definition) is 1. The zero-order valence-corrected chi connectivity index (χ0v) is 19.4. The van der Waals surface area contributed by atoms with Gasteiger partial charge >= 0.3 is 0 Å². The Morgan fingerprint density at radius 1 is 0.966 bits per heavy atom. The van der Waals surface area contributed by atoms with E-state index >= 15 is 0 Å². The third-order valence-corrected chi connectivity index (χ3v) is 11.9. The van der Waals surface area contributed by atoms with Crippen molar-refractivity contribution in [1.29, 1.82) is 5.26 Å². The number of benzene rings is 2. The second-order valence-electron chi connectivity index (χ2n) is 9.18. The van der Waals surface area contributed by atoms with Gasteiger partial charge in [0.2, 0.25) is 5.69 Å². The fourth-order valence-corrected chi connectivity index (χ4v) is 9.08. The van der Waals surface area contributed by atoms with Gasteiger partial charge in [0.05, 0.1) is 30.7 Å². The molecule has 1 aliphatic rings. The summed E-state index contributed by atoms with van der Waals surface area (Å²) in [6, 6.07) is 17.0. The summed E-state index contributed by atoms with van der Waals surface area (Å²) >= 11 is 0. The first-order valence-corrected chi connectivity index (χ1v) is 13.7. The van der Waals surface area contributed by atoms with Crippen LogP contribution in [0.3, 0.4) is 0 Å². The summed E-state index contributed by atoms with van der Waals surface area (Å²) in [6.45, 7) is 8.85. The highest BCUT2D eigenvalue weighted by Crippen LogP contribution is 2.33. The summed E-state index contributed by atoms with van der Waals surface area (Å²) in [4.78, 5) is 0. The van der Waals surface area contributed by atoms with Crippen LogP contribution < -0.4 is 9.75 Å². The van der Waals surface area contributed by atoms with E-state index in [1.807, 2.05) is 6.92 Å². The van der Waals surface area contributed by atoms with Gasteiger partial charge in [0.15, 0.2) is 6.20 Å². The van der Waals surface area contributed by atoms with E-state index in [0.29, 0.717) is 0 Å². The molecular weight excluding hydrogens is 368 g/mol. The van der Waals surface area contributed by atoms with Crippen LogP contribution in [0, 0.1) is 32.1 Å². The third kappa shape index (κ3) is 3.30. The maximum atomic E-state index is 9.54. The van der Waals surface area contributed by atoms with Gasteiger partial charge in [-0.05, 0) is 55.0 Å². The Labute approximate surface area is 175 Å². The number of fused-ring (bicyclic) bond motifs is 1. The van der Waals surface area contributed by atoms with Crippen LogP contribution in [0.15, 0.2) is 36.5 Å². The quantitative estimate of drug-likeness (QED) is 0.407. The van der Waals surface area contributed by atoms with E-state index in [1.54, 1.807) is 5.19 Å². The molecule has 0 unspecified atom stereocenters. The summed E-state index contributed by atoms with van der Waals surface area (Å²) in [6.07, 6.45) is 6.40. The van der Waals surface area contributed by atoms with Crippen molar-refractivity contribution in [2.45, 2.75) is 58.7 Å². The minimum atomic E-state index is -1.32. The number of rotatable bonds is 2. The predicted molar refractivity (Wildman–Crippen MR) is 124 cm³/mol. The zero-order valence-electron chi connectivity index (χ0n) is 18.4. The molecule has 148 valence electrons. The minimum Gasteiger partial charge on any atom is -0.200 e. The van der Waals surface area contributed by atoms with Gasteiger partial charge < -0.3 is 0 Å². The Bertz CT molecular complexity index is 1150. The summed E-state index contributed by atoms with van der Waals surface area (Å²) < 4.78 is 2.23. The van der Waals surface area contributed by atoms with E-state index in [9.17, 15) is 5.26 Å². The van der Waals surface area contributed by atoms with Crippen molar-refractivity contribution in [2.24, 2.45) is 7.05 Å². The number of aryl methyl sites for hydroxylation is 2. The number of nitriles is 1. The van der Waals surface area contributed by atoms with Crippen LogP contribution in [0.5, 0.6) is 0 Å². The van der Waals surface area contributed by atoms with Crippen molar-refractivity contribution in [3.63, 3.8) is 0 Å². The summed E-state index contributed by atoms with van der Waals surface area (Å²) in [5.74, 6) is 0. The minimum absolute atomic E-state index is 0.813. The number of aromatic nitrogens is 1. The molecule has 0 spiro atoms. The van der Waals surface area contributed by atoms with Crippen LogP contribution in [0.2, 0.25) is 18.6 Å². The Balaban J connectivity index is 1.93. The number of pyridine rings is 1. The lowest BCUT2D eigenvalue weighted by Crippen LogP contribution is -2.45. The molecule has 2 heterocycles. The second kappa shape index (κ2) is 7.43. The van der Waals surface area contributed by atoms with Crippen LogP contribution in [-0.4, -0.2) is 8.07 Å². The van der Waals surface area contributed by atoms with Gasteiger partial charge in [0.25, 0.3) is 0 Å². The molecular formula is C26H31N2Si+. The van der Waals surface area contributed by atoms with Crippen molar-refractivity contribution in [2.75, 3.05) is 0 Å². The number of hydrogen-bond donors (Lipinski definition) is 0. The molecule has 2 aromatic carbocycles. The zero-order chi connectivity index (χ0) is 20.8. The second-order valence-corrected chi connectivity index (χ2v) is 13.9. The highest BCUT2D eigenvalue weighted by Gasteiger charge is 2.31. The van der Waals surface area contributed by atoms with Gasteiger partial charge in [-0.25, -0.2) is 4.57 Å². The van der Waals surface area contributed by atoms with E-state index in [2.05, 4.69) is 74.6 Å². The molecule has 1 saturated heterocycles. The molecule has 0 aliphatic carbocycles. The van der Waals surface area contributed by atoms with Gasteiger partial charge in [0.1, 0.15) is 7.05 Å². The SMILES string of the molecule is Cc1cc(-c2c3ccc([Si]4(C)CCCCC4)cc3cc[n+]2C)c(C)c(C)c1C#N. The molecule has 3 aromatic rings. The molecule has 1 aliphatic heterocycles. The highest BCUT2D eigenvalue weighted by molar-refractivity contribution is 6.91. The average Bonchev–Trinajstić information content (AvgIpc) is 2.71. The summed E-state index contributed by atoms with van der Waals surface area (Å²) in [7, 11) is 0.803. The highest BCUT2D eigenvalue weighted by atomic mass is 28.3. The standard InChI is InChI=1S/C26H31N2Si/c1-18-15-24(19(2)20(3)25(18)17-27)26-23-10-9-22(16-21(23)11-12-28(26)4)29(5)13-7-6-8-14-29/h9-12,15-16H,6-8,13-14H2,1-5H3/q+1. The van der Waals surface area contributed by atoms with Gasteiger partial charge in [0, 0.05) is 6.07 Å². The molecule has 0 atom stereocenters. The van der Waals surface area contributed by atoms with Crippen molar-refractivity contribution < 1.29 is 4.57 Å². The van der Waals surface area contributed by atoms with Gasteiger partial charge in [-0.3, -0.25) is 0 Å². The fraction of sp³-hybridized carbons (Fsp3) is 0.385. The molecule has 1 aromatic heterocycles. The summed E-state index contributed by atoms with van der Waals surface area (Å²) in [5, 5.41) is 13.8. The molecule has 0 amide bonds. The molecule has 0 radical (unpaired) electrons. The molecule has 0 bridgehead atoms. The fourth-order valence-electron chi connectivity index (χ4n) is 5.20. The van der Waals surface area contributed by atoms with Crippen molar-refractivity contribution in [3.8, 4) is 17.3 Å². The first-order chi connectivity index (χ1) is 13.9. The molecule has 29 heavy (non-hydrogen) atoms. The molecule has 3 heteroatoms. The van der Waals surface area contributed by atoms with Crippen LogP contribution in [0.1, 0.15) is 41.5 Å². The molecule has 4 rings (SSSR count). The lowest BCUT2D eigenvalue weighted by Gasteiger charge is -2.32. The largest absolute Gasteiger partial charge is 0.220 e. The molecule has 0 N–H and O–H groups in total. The first kappa shape index (κ1) is 19.9. The van der Waals surface area contributed by atoms with Crippen molar-refractivity contribution in [3.05, 3.63) is 58.8 Å². The van der Waals surface area contributed by atoms with Gasteiger partial charge in [-0.2, -0.15) is 5.26 Å². The van der Waals surface area contributed by atoms with Gasteiger partial charge in [-0.15, -0.1) is 0 Å². The Kier molecular flexibility index (Phi) is 5.08. The Morgan fingerprint density at radius 2 is 1.69 bits per heavy atom. The lowest BCUT2D eigenvalue weighted by atomic mass is 9.91. The van der Waals surface area contributed by atoms with E-state index < -0.39 is 8.07 Å². The van der Waals surface area contributed by atoms with Gasteiger partial charge in [-0.1, -0.05) is 55.2 Å². The van der Waals surface area contributed by atoms with Crippen LogP contribution in [0.4, 0.5) is 0 Å². The smallest absolute Gasteiger partial charge is 0.200 e. The van der Waals surface area contributed by atoms with Crippen molar-refractivity contribution >= 4 is 24.0 Å². The monoisotopic (exact) mass is 399 g/mol. The topological polar surface area (TPSA) is 27.7 Å². The lowest BCUT2D eigenvalue weighted by molar-refractivity contribution is -0.659. The van der Waals surface area contributed by atoms with Crippen LogP contribution in [0.25, 0.3) is 22.0 Å². The number of nitrogens with zero attached hydrogens (tertiary/aromatic N) is 2. The first-order valence-electron chi connectivity index (χ1n) is 10.8. The average molecular weight is 400 g/mol. The maximum Gasteiger partial charge on any atom is 0.220 e. The molecule has 2 nitrogen and oxygen atoms in total. The van der Waals surface area contributed by atoms with Crippen molar-refractivity contribution in [1.82, 2.24) is 0 Å². The molecule has 0 saturated carbocycles. The van der Waals surface area contributed by atoms with E-state index in [4.69, 9.17) is 0 Å². The van der Waals surface area contributed by atoms with Crippen LogP contribution >= 0.6 is 0 Å². The van der Waals surface area contributed by atoms with E-state index in [-0.39, 0.29) is 0 Å². The Hall–Kier alpha value is -2.44. The third-order valence-electron chi connectivity index (χ3n) is 7.25. The maximum absolute atomic E-state index is 9.54.